The molecule has 2 aromatic rings. The van der Waals surface area contributed by atoms with E-state index < -0.39 is 0 Å². The molecule has 0 bridgehead atoms. The fraction of sp³-hybridized carbons (Fsp3) is 0.400. The van der Waals surface area contributed by atoms with Gasteiger partial charge in [-0.2, -0.15) is 0 Å². The minimum atomic E-state index is -0.124. The summed E-state index contributed by atoms with van der Waals surface area (Å²) in [5.74, 6) is 0. The summed E-state index contributed by atoms with van der Waals surface area (Å²) in [6.45, 7) is 6.75. The quantitative estimate of drug-likeness (QED) is 0.790. The normalized spacial score (nSPS) is 18.5. The molecule has 138 valence electrons. The Morgan fingerprint density at radius 1 is 1.35 bits per heavy atom. The lowest BCUT2D eigenvalue weighted by Crippen LogP contribution is -2.44. The molecule has 5 nitrogen and oxygen atoms in total. The fourth-order valence-electron chi connectivity index (χ4n) is 3.55. The van der Waals surface area contributed by atoms with Crippen LogP contribution in [-0.2, 0) is 0 Å². The van der Waals surface area contributed by atoms with Crippen LogP contribution in [-0.4, -0.2) is 46.5 Å². The number of halogens is 1. The van der Waals surface area contributed by atoms with Crippen molar-refractivity contribution in [3.8, 4) is 0 Å². The number of hydrogen-bond acceptors (Lipinski definition) is 3. The topological polar surface area (TPSA) is 48.5 Å². The second-order valence-corrected chi connectivity index (χ2v) is 6.94. The molecule has 0 saturated carbocycles. The maximum absolute atomic E-state index is 12.7. The van der Waals surface area contributed by atoms with Crippen LogP contribution < -0.4 is 5.32 Å². The molecule has 6 heteroatoms. The lowest BCUT2D eigenvalue weighted by atomic mass is 10.1. The highest BCUT2D eigenvalue weighted by atomic mass is 35.5. The Hall–Kier alpha value is -2.11. The average Bonchev–Trinajstić information content (AvgIpc) is 3.14. The molecule has 2 amide bonds. The molecule has 1 aliphatic heterocycles. The van der Waals surface area contributed by atoms with Crippen LogP contribution in [0.15, 0.2) is 48.7 Å². The van der Waals surface area contributed by atoms with E-state index in [0.717, 1.165) is 19.5 Å². The van der Waals surface area contributed by atoms with Crippen LogP contribution >= 0.6 is 11.6 Å². The van der Waals surface area contributed by atoms with Gasteiger partial charge in [-0.3, -0.25) is 4.90 Å². The van der Waals surface area contributed by atoms with E-state index in [2.05, 4.69) is 46.4 Å². The van der Waals surface area contributed by atoms with Gasteiger partial charge >= 0.3 is 6.03 Å². The standard InChI is InChI=1S/C20H25ClN4O/c1-3-25(20(26)23-18-10-7-12-22-19(18)21)17-11-13-24(14-17)15(2)16-8-5-4-6-9-16/h4-10,12,15,17H,3,11,13-14H2,1-2H3,(H,23,26)/t15-,17-/m0/s1. The number of carbonyl (C=O) groups excluding carboxylic acids is 1. The van der Waals surface area contributed by atoms with E-state index >= 15 is 0 Å². The minimum absolute atomic E-state index is 0.124. The Bertz CT molecular complexity index is 740. The van der Waals surface area contributed by atoms with Crippen molar-refractivity contribution in [1.82, 2.24) is 14.8 Å². The Morgan fingerprint density at radius 2 is 2.12 bits per heavy atom. The Morgan fingerprint density at radius 3 is 2.81 bits per heavy atom. The highest BCUT2D eigenvalue weighted by Gasteiger charge is 2.32. The van der Waals surface area contributed by atoms with E-state index in [1.807, 2.05) is 17.9 Å². The first-order chi connectivity index (χ1) is 12.6. The number of likely N-dealkylation sites (N-methyl/N-ethyl adjacent to an activating group) is 1. The predicted molar refractivity (Wildman–Crippen MR) is 105 cm³/mol. The zero-order chi connectivity index (χ0) is 18.5. The van der Waals surface area contributed by atoms with Crippen LogP contribution in [0.4, 0.5) is 10.5 Å². The van der Waals surface area contributed by atoms with Crippen molar-refractivity contribution in [2.75, 3.05) is 25.0 Å². The largest absolute Gasteiger partial charge is 0.322 e. The van der Waals surface area contributed by atoms with Gasteiger partial charge in [0.05, 0.1) is 5.69 Å². The Kier molecular flexibility index (Phi) is 6.12. The molecule has 0 spiro atoms. The zero-order valence-electron chi connectivity index (χ0n) is 15.2. The molecule has 0 radical (unpaired) electrons. The number of hydrogen-bond donors (Lipinski definition) is 1. The van der Waals surface area contributed by atoms with Gasteiger partial charge in [-0.05, 0) is 38.0 Å². The van der Waals surface area contributed by atoms with Crippen LogP contribution in [0, 0.1) is 0 Å². The maximum atomic E-state index is 12.7. The van der Waals surface area contributed by atoms with Gasteiger partial charge in [-0.1, -0.05) is 41.9 Å². The number of carbonyl (C=O) groups is 1. The number of pyridine rings is 1. The third-order valence-corrected chi connectivity index (χ3v) is 5.37. The number of likely N-dealkylation sites (tertiary alicyclic amines) is 1. The number of rotatable bonds is 5. The van der Waals surface area contributed by atoms with E-state index in [9.17, 15) is 4.79 Å². The molecule has 1 fully saturated rings. The number of nitrogens with zero attached hydrogens (tertiary/aromatic N) is 3. The van der Waals surface area contributed by atoms with Crippen molar-refractivity contribution in [3.05, 3.63) is 59.4 Å². The van der Waals surface area contributed by atoms with E-state index in [0.29, 0.717) is 23.4 Å². The summed E-state index contributed by atoms with van der Waals surface area (Å²) >= 11 is 6.06. The third kappa shape index (κ3) is 4.17. The molecule has 1 aromatic carbocycles. The Labute approximate surface area is 160 Å². The molecule has 0 unspecified atom stereocenters. The summed E-state index contributed by atoms with van der Waals surface area (Å²) in [5, 5.41) is 3.20. The number of nitrogens with one attached hydrogen (secondary N) is 1. The zero-order valence-corrected chi connectivity index (χ0v) is 16.0. The summed E-state index contributed by atoms with van der Waals surface area (Å²) in [4.78, 5) is 21.1. The monoisotopic (exact) mass is 372 g/mol. The molecule has 3 rings (SSSR count). The number of aromatic nitrogens is 1. The second kappa shape index (κ2) is 8.52. The number of benzene rings is 1. The number of urea groups is 1. The summed E-state index contributed by atoms with van der Waals surface area (Å²) in [6.07, 6.45) is 2.58. The fourth-order valence-corrected chi connectivity index (χ4v) is 3.72. The van der Waals surface area contributed by atoms with Crippen LogP contribution in [0.25, 0.3) is 0 Å². The van der Waals surface area contributed by atoms with E-state index in [4.69, 9.17) is 11.6 Å². The average molecular weight is 373 g/mol. The van der Waals surface area contributed by atoms with Gasteiger partial charge in [-0.25, -0.2) is 9.78 Å². The van der Waals surface area contributed by atoms with Gasteiger partial charge < -0.3 is 10.2 Å². The van der Waals surface area contributed by atoms with Crippen molar-refractivity contribution < 1.29 is 4.79 Å². The lowest BCUT2D eigenvalue weighted by molar-refractivity contribution is 0.184. The van der Waals surface area contributed by atoms with E-state index in [-0.39, 0.29) is 12.1 Å². The Balaban J connectivity index is 1.64. The molecule has 0 aliphatic carbocycles. The highest BCUT2D eigenvalue weighted by molar-refractivity contribution is 6.32. The molecule has 26 heavy (non-hydrogen) atoms. The van der Waals surface area contributed by atoms with Gasteiger partial charge in [0.25, 0.3) is 0 Å². The summed E-state index contributed by atoms with van der Waals surface area (Å²) < 4.78 is 0. The molecule has 1 saturated heterocycles. The first kappa shape index (κ1) is 18.7. The summed E-state index contributed by atoms with van der Waals surface area (Å²) in [7, 11) is 0. The molecular formula is C20H25ClN4O. The number of anilines is 1. The summed E-state index contributed by atoms with van der Waals surface area (Å²) in [6, 6.07) is 14.4. The van der Waals surface area contributed by atoms with Gasteiger partial charge in [0, 0.05) is 37.9 Å². The first-order valence-electron chi connectivity index (χ1n) is 9.07. The van der Waals surface area contributed by atoms with Crippen molar-refractivity contribution in [1.29, 1.82) is 0 Å². The van der Waals surface area contributed by atoms with Crippen molar-refractivity contribution in [2.24, 2.45) is 0 Å². The molecule has 2 heterocycles. The second-order valence-electron chi connectivity index (χ2n) is 6.58. The van der Waals surface area contributed by atoms with Gasteiger partial charge in [0.1, 0.15) is 0 Å². The van der Waals surface area contributed by atoms with E-state index in [1.165, 1.54) is 5.56 Å². The first-order valence-corrected chi connectivity index (χ1v) is 9.45. The smallest absolute Gasteiger partial charge is 0.320 e. The molecule has 1 N–H and O–H groups in total. The third-order valence-electron chi connectivity index (χ3n) is 5.07. The van der Waals surface area contributed by atoms with Gasteiger partial charge in [-0.15, -0.1) is 0 Å². The van der Waals surface area contributed by atoms with E-state index in [1.54, 1.807) is 18.3 Å². The van der Waals surface area contributed by atoms with Crippen molar-refractivity contribution >= 4 is 23.3 Å². The van der Waals surface area contributed by atoms with Crippen molar-refractivity contribution in [2.45, 2.75) is 32.4 Å². The molecular weight excluding hydrogens is 348 g/mol. The SMILES string of the molecule is CCN(C(=O)Nc1cccnc1Cl)[C@H]1CCN([C@@H](C)c2ccccc2)C1. The van der Waals surface area contributed by atoms with Crippen LogP contribution in [0.1, 0.15) is 31.9 Å². The minimum Gasteiger partial charge on any atom is -0.320 e. The number of amides is 2. The molecule has 1 aromatic heterocycles. The summed E-state index contributed by atoms with van der Waals surface area (Å²) in [5.41, 5.74) is 1.85. The highest BCUT2D eigenvalue weighted by Crippen LogP contribution is 2.27. The predicted octanol–water partition coefficient (Wildman–Crippen LogP) is 4.42. The van der Waals surface area contributed by atoms with Crippen LogP contribution in [0.5, 0.6) is 0 Å². The molecule has 1 aliphatic rings. The molecule has 2 atom stereocenters. The van der Waals surface area contributed by atoms with Crippen molar-refractivity contribution in [3.63, 3.8) is 0 Å². The van der Waals surface area contributed by atoms with Gasteiger partial charge in [0.15, 0.2) is 5.15 Å². The van der Waals surface area contributed by atoms with Crippen LogP contribution in [0.2, 0.25) is 5.15 Å². The van der Waals surface area contributed by atoms with Crippen LogP contribution in [0.3, 0.4) is 0 Å². The maximum Gasteiger partial charge on any atom is 0.322 e. The van der Waals surface area contributed by atoms with Gasteiger partial charge in [0.2, 0.25) is 0 Å². The lowest BCUT2D eigenvalue weighted by Gasteiger charge is -2.30.